The van der Waals surface area contributed by atoms with Crippen molar-refractivity contribution >= 4 is 17.7 Å². The summed E-state index contributed by atoms with van der Waals surface area (Å²) in [5, 5.41) is 2.79. The molecule has 1 N–H and O–H groups in total. The van der Waals surface area contributed by atoms with Gasteiger partial charge in [0.2, 0.25) is 17.7 Å². The average molecular weight is 266 g/mol. The number of fused-ring (bicyclic) bond motifs is 1. The molecule has 19 heavy (non-hydrogen) atoms. The molecule has 2 fully saturated rings. The molecule has 0 bridgehead atoms. The van der Waals surface area contributed by atoms with Gasteiger partial charge in [0.15, 0.2) is 0 Å². The molecule has 1 heterocycles. The number of rotatable bonds is 4. The van der Waals surface area contributed by atoms with Crippen LogP contribution in [-0.2, 0) is 14.4 Å². The fourth-order valence-electron chi connectivity index (χ4n) is 2.95. The molecule has 2 aliphatic rings. The van der Waals surface area contributed by atoms with Gasteiger partial charge in [0.1, 0.15) is 6.54 Å². The summed E-state index contributed by atoms with van der Waals surface area (Å²) in [6.07, 6.45) is 4.43. The zero-order chi connectivity index (χ0) is 14.0. The Kier molecular flexibility index (Phi) is 4.22. The second-order valence-corrected chi connectivity index (χ2v) is 5.64. The highest BCUT2D eigenvalue weighted by molar-refractivity contribution is 6.07. The van der Waals surface area contributed by atoms with E-state index < -0.39 is 0 Å². The van der Waals surface area contributed by atoms with Crippen molar-refractivity contribution in [2.45, 2.75) is 52.0 Å². The third-order valence-electron chi connectivity index (χ3n) is 4.25. The number of nitrogens with one attached hydrogen (secondary N) is 1. The molecule has 0 aromatic heterocycles. The summed E-state index contributed by atoms with van der Waals surface area (Å²) >= 11 is 0. The van der Waals surface area contributed by atoms with Crippen molar-refractivity contribution in [1.82, 2.24) is 10.2 Å². The molecule has 1 aliphatic heterocycles. The van der Waals surface area contributed by atoms with E-state index in [0.717, 1.165) is 32.1 Å². The van der Waals surface area contributed by atoms with E-state index in [1.807, 2.05) is 13.8 Å². The normalized spacial score (nSPS) is 28.2. The summed E-state index contributed by atoms with van der Waals surface area (Å²) < 4.78 is 0. The molecule has 0 spiro atoms. The first-order valence-corrected chi connectivity index (χ1v) is 7.19. The lowest BCUT2D eigenvalue weighted by Crippen LogP contribution is -2.43. The Bertz CT molecular complexity index is 370. The molecule has 0 aromatic rings. The number of likely N-dealkylation sites (tertiary alicyclic amines) is 1. The number of hydrogen-bond acceptors (Lipinski definition) is 3. The zero-order valence-corrected chi connectivity index (χ0v) is 11.6. The summed E-state index contributed by atoms with van der Waals surface area (Å²) in [7, 11) is 0. The van der Waals surface area contributed by atoms with Crippen LogP contribution in [0.2, 0.25) is 0 Å². The van der Waals surface area contributed by atoms with Crippen molar-refractivity contribution in [3.8, 4) is 0 Å². The van der Waals surface area contributed by atoms with Crippen molar-refractivity contribution in [2.24, 2.45) is 11.8 Å². The second-order valence-electron chi connectivity index (χ2n) is 5.64. The minimum absolute atomic E-state index is 0.0718. The van der Waals surface area contributed by atoms with Crippen LogP contribution < -0.4 is 5.32 Å². The first kappa shape index (κ1) is 14.0. The maximum absolute atomic E-state index is 12.2. The van der Waals surface area contributed by atoms with E-state index in [9.17, 15) is 14.4 Å². The van der Waals surface area contributed by atoms with E-state index >= 15 is 0 Å². The van der Waals surface area contributed by atoms with Crippen LogP contribution in [-0.4, -0.2) is 35.2 Å². The Balaban J connectivity index is 1.98. The van der Waals surface area contributed by atoms with Crippen molar-refractivity contribution in [3.63, 3.8) is 0 Å². The molecule has 1 aliphatic carbocycles. The van der Waals surface area contributed by atoms with Crippen LogP contribution in [0, 0.1) is 11.8 Å². The Labute approximate surface area is 113 Å². The average Bonchev–Trinajstić information content (AvgIpc) is 2.64. The highest BCUT2D eigenvalue weighted by atomic mass is 16.2. The highest BCUT2D eigenvalue weighted by Crippen LogP contribution is 2.37. The molecule has 0 unspecified atom stereocenters. The molecule has 1 saturated heterocycles. The predicted octanol–water partition coefficient (Wildman–Crippen LogP) is 1.08. The van der Waals surface area contributed by atoms with E-state index in [4.69, 9.17) is 0 Å². The highest BCUT2D eigenvalue weighted by Gasteiger charge is 2.48. The SMILES string of the molecule is CC[C@H](C)NC(=O)CN1C(=O)[C@H]2CCCC[C@@H]2C1=O. The minimum Gasteiger partial charge on any atom is -0.352 e. The van der Waals surface area contributed by atoms with Crippen LogP contribution in [0.15, 0.2) is 0 Å². The number of carbonyl (C=O) groups excluding carboxylic acids is 3. The van der Waals surface area contributed by atoms with Gasteiger partial charge in [-0.2, -0.15) is 0 Å². The maximum atomic E-state index is 12.2. The van der Waals surface area contributed by atoms with Crippen LogP contribution in [0.1, 0.15) is 46.0 Å². The van der Waals surface area contributed by atoms with E-state index in [1.165, 1.54) is 4.90 Å². The number of amides is 3. The van der Waals surface area contributed by atoms with Crippen molar-refractivity contribution in [3.05, 3.63) is 0 Å². The van der Waals surface area contributed by atoms with E-state index in [0.29, 0.717) is 0 Å². The molecule has 0 aromatic carbocycles. The Morgan fingerprint density at radius 2 is 1.79 bits per heavy atom. The van der Waals surface area contributed by atoms with E-state index in [2.05, 4.69) is 5.32 Å². The second kappa shape index (κ2) is 5.72. The number of carbonyl (C=O) groups is 3. The molecule has 1 saturated carbocycles. The largest absolute Gasteiger partial charge is 0.352 e. The summed E-state index contributed by atoms with van der Waals surface area (Å²) in [4.78, 5) is 37.3. The van der Waals surface area contributed by atoms with Gasteiger partial charge >= 0.3 is 0 Å². The van der Waals surface area contributed by atoms with Crippen molar-refractivity contribution < 1.29 is 14.4 Å². The van der Waals surface area contributed by atoms with Crippen molar-refractivity contribution in [2.75, 3.05) is 6.54 Å². The number of nitrogens with zero attached hydrogens (tertiary/aromatic N) is 1. The topological polar surface area (TPSA) is 66.5 Å². The van der Waals surface area contributed by atoms with Crippen LogP contribution in [0.25, 0.3) is 0 Å². The molecule has 106 valence electrons. The maximum Gasteiger partial charge on any atom is 0.240 e. The Morgan fingerprint density at radius 3 is 2.26 bits per heavy atom. The molecular formula is C14H22N2O3. The van der Waals surface area contributed by atoms with Crippen LogP contribution >= 0.6 is 0 Å². The van der Waals surface area contributed by atoms with Crippen LogP contribution in [0.3, 0.4) is 0 Å². The van der Waals surface area contributed by atoms with Gasteiger partial charge in [-0.05, 0) is 26.2 Å². The first-order chi connectivity index (χ1) is 9.04. The van der Waals surface area contributed by atoms with E-state index in [-0.39, 0.29) is 42.1 Å². The predicted molar refractivity (Wildman–Crippen MR) is 70.1 cm³/mol. The molecule has 3 atom stereocenters. The third-order valence-corrected chi connectivity index (χ3v) is 4.25. The van der Waals surface area contributed by atoms with Gasteiger partial charge in [0, 0.05) is 6.04 Å². The minimum atomic E-state index is -0.241. The van der Waals surface area contributed by atoms with Crippen LogP contribution in [0.4, 0.5) is 0 Å². The van der Waals surface area contributed by atoms with Crippen LogP contribution in [0.5, 0.6) is 0 Å². The molecule has 0 radical (unpaired) electrons. The van der Waals surface area contributed by atoms with Gasteiger partial charge in [-0.1, -0.05) is 19.8 Å². The molecular weight excluding hydrogens is 244 g/mol. The molecule has 5 heteroatoms. The Hall–Kier alpha value is -1.39. The van der Waals surface area contributed by atoms with Gasteiger partial charge in [-0.25, -0.2) is 0 Å². The lowest BCUT2D eigenvalue weighted by atomic mass is 9.81. The van der Waals surface area contributed by atoms with Gasteiger partial charge in [-0.3, -0.25) is 19.3 Å². The fourth-order valence-corrected chi connectivity index (χ4v) is 2.95. The lowest BCUT2D eigenvalue weighted by Gasteiger charge is -2.19. The van der Waals surface area contributed by atoms with Crippen molar-refractivity contribution in [1.29, 1.82) is 0 Å². The zero-order valence-electron chi connectivity index (χ0n) is 11.6. The summed E-state index contributed by atoms with van der Waals surface area (Å²) in [5.74, 6) is -0.868. The number of imide groups is 1. The fraction of sp³-hybridized carbons (Fsp3) is 0.786. The van der Waals surface area contributed by atoms with Gasteiger partial charge < -0.3 is 5.32 Å². The quantitative estimate of drug-likeness (QED) is 0.774. The molecule has 5 nitrogen and oxygen atoms in total. The smallest absolute Gasteiger partial charge is 0.240 e. The van der Waals surface area contributed by atoms with Gasteiger partial charge in [0.25, 0.3) is 0 Å². The van der Waals surface area contributed by atoms with Gasteiger partial charge in [0.05, 0.1) is 11.8 Å². The molecule has 2 rings (SSSR count). The Morgan fingerprint density at radius 1 is 1.26 bits per heavy atom. The molecule has 3 amide bonds. The standard InChI is InChI=1S/C14H22N2O3/c1-3-9(2)15-12(17)8-16-13(18)10-6-4-5-7-11(10)14(16)19/h9-11H,3-8H2,1-2H3,(H,15,17)/t9-,10-,11-/m0/s1. The monoisotopic (exact) mass is 266 g/mol. The van der Waals surface area contributed by atoms with E-state index in [1.54, 1.807) is 0 Å². The lowest BCUT2D eigenvalue weighted by molar-refractivity contribution is -0.143. The summed E-state index contributed by atoms with van der Waals surface area (Å²) in [5.41, 5.74) is 0. The summed E-state index contributed by atoms with van der Waals surface area (Å²) in [6.45, 7) is 3.77. The third kappa shape index (κ3) is 2.80. The first-order valence-electron chi connectivity index (χ1n) is 7.19. The van der Waals surface area contributed by atoms with Gasteiger partial charge in [-0.15, -0.1) is 0 Å². The number of hydrogen-bond donors (Lipinski definition) is 1. The summed E-state index contributed by atoms with van der Waals surface area (Å²) in [6, 6.07) is 0.0718.